The number of para-hydroxylation sites is 1. The van der Waals surface area contributed by atoms with Crippen molar-refractivity contribution in [2.45, 2.75) is 17.8 Å². The summed E-state index contributed by atoms with van der Waals surface area (Å²) in [6, 6.07) is 15.9. The van der Waals surface area contributed by atoms with Gasteiger partial charge in [-0.3, -0.25) is 0 Å². The Balaban J connectivity index is 1.80. The van der Waals surface area contributed by atoms with Gasteiger partial charge in [0.15, 0.2) is 10.8 Å². The molecule has 0 radical (unpaired) electrons. The van der Waals surface area contributed by atoms with Gasteiger partial charge in [-0.2, -0.15) is 4.52 Å². The summed E-state index contributed by atoms with van der Waals surface area (Å²) in [6.45, 7) is 1.89. The number of halogens is 1. The summed E-state index contributed by atoms with van der Waals surface area (Å²) in [6.07, 6.45) is 0. The summed E-state index contributed by atoms with van der Waals surface area (Å²) >= 11 is 7.85. The van der Waals surface area contributed by atoms with Crippen molar-refractivity contribution in [3.05, 3.63) is 64.9 Å². The lowest BCUT2D eigenvalue weighted by molar-refractivity contribution is 0.797. The third-order valence-electron chi connectivity index (χ3n) is 3.57. The molecule has 114 valence electrons. The molecule has 2 aromatic heterocycles. The highest BCUT2D eigenvalue weighted by Crippen LogP contribution is 2.28. The van der Waals surface area contributed by atoms with Crippen LogP contribution in [0.5, 0.6) is 0 Å². The lowest BCUT2D eigenvalue weighted by Gasteiger charge is -2.07. The molecule has 23 heavy (non-hydrogen) atoms. The molecule has 0 fully saturated rings. The topological polar surface area (TPSA) is 43.1 Å². The maximum Gasteiger partial charge on any atom is 0.191 e. The normalized spacial score (nSPS) is 11.4. The van der Waals surface area contributed by atoms with E-state index in [1.807, 2.05) is 60.0 Å². The molecule has 2 aromatic carbocycles. The van der Waals surface area contributed by atoms with Crippen molar-refractivity contribution in [3.8, 4) is 0 Å². The molecular weight excluding hydrogens is 328 g/mol. The van der Waals surface area contributed by atoms with Crippen LogP contribution >= 0.6 is 23.4 Å². The maximum atomic E-state index is 6.24. The van der Waals surface area contributed by atoms with Crippen molar-refractivity contribution in [1.82, 2.24) is 19.6 Å². The van der Waals surface area contributed by atoms with Crippen LogP contribution in [-0.2, 0) is 5.75 Å². The molecule has 6 heteroatoms. The Morgan fingerprint density at radius 3 is 2.70 bits per heavy atom. The number of hydrogen-bond acceptors (Lipinski definition) is 4. The number of thioether (sulfide) groups is 1. The first kappa shape index (κ1) is 14.5. The molecule has 2 heterocycles. The molecule has 0 aliphatic rings. The third-order valence-corrected chi connectivity index (χ3v) is 4.92. The summed E-state index contributed by atoms with van der Waals surface area (Å²) in [5, 5.41) is 7.09. The minimum Gasteiger partial charge on any atom is -0.222 e. The van der Waals surface area contributed by atoms with E-state index in [1.54, 1.807) is 11.8 Å². The van der Waals surface area contributed by atoms with Crippen molar-refractivity contribution in [3.63, 3.8) is 0 Å². The number of nitrogens with zero attached hydrogens (tertiary/aromatic N) is 4. The average Bonchev–Trinajstić information content (AvgIpc) is 2.96. The second kappa shape index (κ2) is 5.83. The Hall–Kier alpha value is -2.11. The minimum atomic E-state index is 0.735. The zero-order chi connectivity index (χ0) is 15.8. The standard InChI is InChI=1S/C17H13ClN4S/c1-11-19-16-13-7-3-5-9-15(13)20-17(22(16)21-11)23-10-12-6-2-4-8-14(12)18/h2-9H,10H2,1H3. The van der Waals surface area contributed by atoms with Crippen LogP contribution < -0.4 is 0 Å². The molecule has 0 saturated carbocycles. The van der Waals surface area contributed by atoms with Crippen LogP contribution in [-0.4, -0.2) is 19.6 Å². The van der Waals surface area contributed by atoms with E-state index in [2.05, 4.69) is 10.1 Å². The second-order valence-electron chi connectivity index (χ2n) is 5.19. The highest BCUT2D eigenvalue weighted by Gasteiger charge is 2.12. The van der Waals surface area contributed by atoms with E-state index in [9.17, 15) is 0 Å². The van der Waals surface area contributed by atoms with E-state index in [0.29, 0.717) is 0 Å². The van der Waals surface area contributed by atoms with Gasteiger partial charge in [0.05, 0.1) is 5.52 Å². The lowest BCUT2D eigenvalue weighted by atomic mass is 10.2. The zero-order valence-corrected chi connectivity index (χ0v) is 14.0. The Morgan fingerprint density at radius 1 is 1.04 bits per heavy atom. The fraction of sp³-hybridized carbons (Fsp3) is 0.118. The lowest BCUT2D eigenvalue weighted by Crippen LogP contribution is -1.98. The Kier molecular flexibility index (Phi) is 3.67. The molecule has 0 atom stereocenters. The molecule has 0 saturated heterocycles. The van der Waals surface area contributed by atoms with Crippen LogP contribution in [0.25, 0.3) is 16.6 Å². The number of hydrogen-bond donors (Lipinski definition) is 0. The summed E-state index contributed by atoms with van der Waals surface area (Å²) in [7, 11) is 0. The quantitative estimate of drug-likeness (QED) is 0.406. The second-order valence-corrected chi connectivity index (χ2v) is 6.54. The molecule has 4 aromatic rings. The highest BCUT2D eigenvalue weighted by atomic mass is 35.5. The van der Waals surface area contributed by atoms with Crippen LogP contribution in [0.15, 0.2) is 53.7 Å². The van der Waals surface area contributed by atoms with E-state index < -0.39 is 0 Å². The van der Waals surface area contributed by atoms with Crippen LogP contribution in [0.2, 0.25) is 5.02 Å². The van der Waals surface area contributed by atoms with E-state index >= 15 is 0 Å². The summed E-state index contributed by atoms with van der Waals surface area (Å²) in [5.74, 6) is 1.47. The molecule has 0 bridgehead atoms. The van der Waals surface area contributed by atoms with Crippen molar-refractivity contribution in [1.29, 1.82) is 0 Å². The van der Waals surface area contributed by atoms with Gasteiger partial charge >= 0.3 is 0 Å². The summed E-state index contributed by atoms with van der Waals surface area (Å²) in [5.41, 5.74) is 2.85. The van der Waals surface area contributed by atoms with E-state index in [-0.39, 0.29) is 0 Å². The van der Waals surface area contributed by atoms with Crippen LogP contribution in [0, 0.1) is 6.92 Å². The fourth-order valence-corrected chi connectivity index (χ4v) is 3.72. The molecule has 0 N–H and O–H groups in total. The van der Waals surface area contributed by atoms with E-state index in [1.165, 1.54) is 0 Å². The van der Waals surface area contributed by atoms with Crippen molar-refractivity contribution >= 4 is 39.9 Å². The van der Waals surface area contributed by atoms with E-state index in [0.717, 1.165) is 43.9 Å². The smallest absolute Gasteiger partial charge is 0.191 e. The van der Waals surface area contributed by atoms with Gasteiger partial charge in [-0.25, -0.2) is 9.97 Å². The minimum absolute atomic E-state index is 0.735. The van der Waals surface area contributed by atoms with Gasteiger partial charge in [0.25, 0.3) is 0 Å². The van der Waals surface area contributed by atoms with Gasteiger partial charge in [-0.05, 0) is 30.7 Å². The van der Waals surface area contributed by atoms with Gasteiger partial charge in [0.1, 0.15) is 5.82 Å². The fourth-order valence-electron chi connectivity index (χ4n) is 2.48. The maximum absolute atomic E-state index is 6.24. The third kappa shape index (κ3) is 2.66. The first-order chi connectivity index (χ1) is 11.2. The van der Waals surface area contributed by atoms with Gasteiger partial charge in [0, 0.05) is 16.2 Å². The first-order valence-electron chi connectivity index (χ1n) is 7.21. The number of fused-ring (bicyclic) bond motifs is 3. The SMILES string of the molecule is Cc1nc2c3ccccc3nc(SCc3ccccc3Cl)n2n1. The Morgan fingerprint density at radius 2 is 1.83 bits per heavy atom. The van der Waals surface area contributed by atoms with Crippen molar-refractivity contribution < 1.29 is 0 Å². The number of aromatic nitrogens is 4. The molecule has 4 nitrogen and oxygen atoms in total. The van der Waals surface area contributed by atoms with Crippen molar-refractivity contribution in [2.75, 3.05) is 0 Å². The monoisotopic (exact) mass is 340 g/mol. The number of rotatable bonds is 3. The van der Waals surface area contributed by atoms with Gasteiger partial charge in [-0.15, -0.1) is 5.10 Å². The molecule has 0 aliphatic carbocycles. The highest BCUT2D eigenvalue weighted by molar-refractivity contribution is 7.98. The number of aryl methyl sites for hydroxylation is 1. The largest absolute Gasteiger partial charge is 0.222 e. The zero-order valence-electron chi connectivity index (χ0n) is 12.4. The Labute approximate surface area is 142 Å². The summed E-state index contributed by atoms with van der Waals surface area (Å²) in [4.78, 5) is 9.29. The van der Waals surface area contributed by atoms with Crippen LogP contribution in [0.4, 0.5) is 0 Å². The van der Waals surface area contributed by atoms with E-state index in [4.69, 9.17) is 16.6 Å². The van der Waals surface area contributed by atoms with Crippen LogP contribution in [0.1, 0.15) is 11.4 Å². The predicted molar refractivity (Wildman–Crippen MR) is 94.0 cm³/mol. The Bertz CT molecular complexity index is 1010. The average molecular weight is 341 g/mol. The van der Waals surface area contributed by atoms with Crippen LogP contribution in [0.3, 0.4) is 0 Å². The first-order valence-corrected chi connectivity index (χ1v) is 8.57. The summed E-state index contributed by atoms with van der Waals surface area (Å²) < 4.78 is 1.82. The van der Waals surface area contributed by atoms with Crippen molar-refractivity contribution in [2.24, 2.45) is 0 Å². The van der Waals surface area contributed by atoms with Gasteiger partial charge in [-0.1, -0.05) is 53.7 Å². The molecule has 0 spiro atoms. The molecule has 0 aliphatic heterocycles. The number of benzene rings is 2. The molecule has 0 amide bonds. The van der Waals surface area contributed by atoms with Gasteiger partial charge < -0.3 is 0 Å². The molecule has 0 unspecified atom stereocenters. The molecular formula is C17H13ClN4S. The van der Waals surface area contributed by atoms with Gasteiger partial charge in [0.2, 0.25) is 0 Å². The predicted octanol–water partition coefficient (Wildman–Crippen LogP) is 4.53. The molecule has 4 rings (SSSR count).